The molecular weight excluding hydrogens is 552 g/mol. The van der Waals surface area contributed by atoms with E-state index in [1.807, 2.05) is 30.3 Å². The Hall–Kier alpha value is -1.83. The van der Waals surface area contributed by atoms with E-state index in [9.17, 15) is 13.9 Å². The van der Waals surface area contributed by atoms with Crippen molar-refractivity contribution in [3.8, 4) is 0 Å². The normalized spacial score (nSPS) is 14.1. The van der Waals surface area contributed by atoms with Crippen molar-refractivity contribution in [3.05, 3.63) is 70.7 Å². The average molecular weight is 588 g/mol. The number of carbonyl (C=O) groups is 1. The number of hydrogen-bond donors (Lipinski definition) is 0. The fourth-order valence-electron chi connectivity index (χ4n) is 4.00. The molecule has 2 aromatic rings. The molecule has 0 aliphatic rings. The number of esters is 1. The Labute approximate surface area is 229 Å². The van der Waals surface area contributed by atoms with Gasteiger partial charge in [-0.15, -0.1) is 0 Å². The third kappa shape index (κ3) is 8.33. The first-order valence-electron chi connectivity index (χ1n) is 12.4. The SMILES string of the molecule is CCOP(=O)(OCC)C([C@H](c1ccc(Cl)cc1)[C@H](N=Cc1ccccc1)C(=O)OC)P(=O)(OCC)OCC. The highest BCUT2D eigenvalue weighted by Gasteiger charge is 2.58. The highest BCUT2D eigenvalue weighted by Crippen LogP contribution is 2.74. The summed E-state index contributed by atoms with van der Waals surface area (Å²) < 4.78 is 56.8. The second-order valence-electron chi connectivity index (χ2n) is 7.90. The van der Waals surface area contributed by atoms with Crippen LogP contribution in [0.2, 0.25) is 5.02 Å². The van der Waals surface area contributed by atoms with Gasteiger partial charge in [-0.05, 0) is 51.0 Å². The molecule has 0 aromatic heterocycles. The van der Waals surface area contributed by atoms with Crippen LogP contribution in [0.25, 0.3) is 0 Å². The van der Waals surface area contributed by atoms with Gasteiger partial charge >= 0.3 is 21.2 Å². The van der Waals surface area contributed by atoms with Crippen LogP contribution in [0.3, 0.4) is 0 Å². The Morgan fingerprint density at radius 1 is 0.842 bits per heavy atom. The van der Waals surface area contributed by atoms with Crippen LogP contribution in [-0.4, -0.2) is 57.2 Å². The minimum atomic E-state index is -4.27. The van der Waals surface area contributed by atoms with E-state index < -0.39 is 38.5 Å². The molecule has 0 N–H and O–H groups in total. The molecule has 0 spiro atoms. The second-order valence-corrected chi connectivity index (χ2v) is 13.0. The lowest BCUT2D eigenvalue weighted by atomic mass is 9.93. The Kier molecular flexibility index (Phi) is 13.4. The monoisotopic (exact) mass is 587 g/mol. The molecule has 2 atom stereocenters. The van der Waals surface area contributed by atoms with Gasteiger partial charge in [0.1, 0.15) is 0 Å². The van der Waals surface area contributed by atoms with E-state index in [4.69, 9.17) is 34.4 Å². The van der Waals surface area contributed by atoms with Crippen LogP contribution >= 0.6 is 26.8 Å². The smallest absolute Gasteiger partial charge is 0.346 e. The lowest BCUT2D eigenvalue weighted by Crippen LogP contribution is -2.37. The highest BCUT2D eigenvalue weighted by molar-refractivity contribution is 7.72. The number of hydrogen-bond acceptors (Lipinski definition) is 9. The number of methoxy groups -OCH3 is 1. The summed E-state index contributed by atoms with van der Waals surface area (Å²) in [5.74, 6) is -1.92. The molecule has 0 aliphatic carbocycles. The first kappa shape index (κ1) is 32.4. The van der Waals surface area contributed by atoms with Crippen molar-refractivity contribution in [2.24, 2.45) is 4.99 Å². The maximum absolute atomic E-state index is 14.5. The van der Waals surface area contributed by atoms with Gasteiger partial charge in [0.25, 0.3) is 0 Å². The van der Waals surface area contributed by atoms with Crippen LogP contribution in [0, 0.1) is 0 Å². The molecule has 9 nitrogen and oxygen atoms in total. The molecule has 38 heavy (non-hydrogen) atoms. The molecule has 0 heterocycles. The number of ether oxygens (including phenoxy) is 1. The van der Waals surface area contributed by atoms with Gasteiger partial charge in [0, 0.05) is 17.2 Å². The maximum Gasteiger partial charge on any atom is 0.346 e. The molecule has 0 saturated carbocycles. The Morgan fingerprint density at radius 3 is 1.74 bits per heavy atom. The average Bonchev–Trinajstić information content (AvgIpc) is 2.89. The number of aliphatic imine (C=N–C) groups is 1. The molecule has 0 saturated heterocycles. The van der Waals surface area contributed by atoms with Crippen LogP contribution in [0.1, 0.15) is 44.7 Å². The molecule has 12 heteroatoms. The molecule has 210 valence electrons. The van der Waals surface area contributed by atoms with Gasteiger partial charge in [0.05, 0.1) is 33.5 Å². The summed E-state index contributed by atoms with van der Waals surface area (Å²) in [6.07, 6.45) is 1.50. The summed E-state index contributed by atoms with van der Waals surface area (Å²) in [6, 6.07) is 14.3. The van der Waals surface area contributed by atoms with Gasteiger partial charge < -0.3 is 22.8 Å². The van der Waals surface area contributed by atoms with Crippen LogP contribution < -0.4 is 0 Å². The summed E-state index contributed by atoms with van der Waals surface area (Å²) >= 11 is 6.16. The number of halogens is 1. The van der Waals surface area contributed by atoms with Crippen molar-refractivity contribution in [2.45, 2.75) is 45.1 Å². The van der Waals surface area contributed by atoms with Crippen LogP contribution in [-0.2, 0) is 36.8 Å². The lowest BCUT2D eigenvalue weighted by molar-refractivity contribution is -0.142. The Morgan fingerprint density at radius 2 is 1.32 bits per heavy atom. The predicted molar refractivity (Wildman–Crippen MR) is 150 cm³/mol. The van der Waals surface area contributed by atoms with E-state index in [1.54, 1.807) is 52.0 Å². The quantitative estimate of drug-likeness (QED) is 0.118. The fourth-order valence-corrected chi connectivity index (χ4v) is 9.96. The lowest BCUT2D eigenvalue weighted by Gasteiger charge is -2.38. The van der Waals surface area contributed by atoms with Gasteiger partial charge in [-0.1, -0.05) is 54.1 Å². The Balaban J connectivity index is 2.93. The van der Waals surface area contributed by atoms with E-state index in [0.717, 1.165) is 0 Å². The summed E-state index contributed by atoms with van der Waals surface area (Å²) in [5, 5.41) is -1.13. The second kappa shape index (κ2) is 15.7. The number of rotatable bonds is 16. The number of nitrogens with zero attached hydrogens (tertiary/aromatic N) is 1. The zero-order valence-electron chi connectivity index (χ0n) is 22.3. The zero-order valence-corrected chi connectivity index (χ0v) is 24.9. The van der Waals surface area contributed by atoms with E-state index in [-0.39, 0.29) is 26.4 Å². The molecule has 0 amide bonds. The topological polar surface area (TPSA) is 110 Å². The van der Waals surface area contributed by atoms with E-state index in [1.165, 1.54) is 13.3 Å². The van der Waals surface area contributed by atoms with Crippen molar-refractivity contribution in [2.75, 3.05) is 33.5 Å². The summed E-state index contributed by atoms with van der Waals surface area (Å²) in [4.78, 5) is 17.9. The van der Waals surface area contributed by atoms with Crippen molar-refractivity contribution in [1.82, 2.24) is 0 Å². The summed E-state index contributed by atoms with van der Waals surface area (Å²) in [6.45, 7) is 6.47. The third-order valence-corrected chi connectivity index (χ3v) is 11.8. The molecule has 0 radical (unpaired) electrons. The maximum atomic E-state index is 14.5. The molecular formula is C26H36ClNO8P2. The largest absolute Gasteiger partial charge is 0.467 e. The van der Waals surface area contributed by atoms with Gasteiger partial charge in [0.15, 0.2) is 11.4 Å². The zero-order chi connectivity index (χ0) is 28.2. The highest BCUT2D eigenvalue weighted by atomic mass is 35.5. The van der Waals surface area contributed by atoms with Crippen molar-refractivity contribution in [3.63, 3.8) is 0 Å². The summed E-state index contributed by atoms with van der Waals surface area (Å²) in [7, 11) is -7.32. The molecule has 0 bridgehead atoms. The van der Waals surface area contributed by atoms with Crippen molar-refractivity contribution < 1.29 is 36.8 Å². The fraction of sp³-hybridized carbons (Fsp3) is 0.462. The van der Waals surface area contributed by atoms with Gasteiger partial charge in [-0.2, -0.15) is 0 Å². The molecule has 2 rings (SSSR count). The van der Waals surface area contributed by atoms with E-state index >= 15 is 0 Å². The van der Waals surface area contributed by atoms with Crippen LogP contribution in [0.5, 0.6) is 0 Å². The minimum Gasteiger partial charge on any atom is -0.467 e. The van der Waals surface area contributed by atoms with Crippen LogP contribution in [0.15, 0.2) is 59.6 Å². The third-order valence-electron chi connectivity index (χ3n) is 5.43. The first-order chi connectivity index (χ1) is 18.2. The van der Waals surface area contributed by atoms with E-state index in [0.29, 0.717) is 16.1 Å². The molecule has 0 fully saturated rings. The van der Waals surface area contributed by atoms with Crippen molar-refractivity contribution in [1.29, 1.82) is 0 Å². The van der Waals surface area contributed by atoms with E-state index in [2.05, 4.69) is 4.99 Å². The standard InChI is InChI=1S/C26H36ClNO8P2/c1-6-33-37(30,34-7-2)26(38(31,35-8-3)36-9-4)23(21-15-17-22(27)18-16-21)24(25(29)32-5)28-19-20-13-11-10-12-14-20/h10-19,23-24,26H,6-9H2,1-5H3/t23-,24+/m1/s1. The molecule has 0 unspecified atom stereocenters. The van der Waals surface area contributed by atoms with Gasteiger partial charge in [-0.3, -0.25) is 14.1 Å². The van der Waals surface area contributed by atoms with Crippen LogP contribution in [0.4, 0.5) is 0 Å². The Bertz CT molecular complexity index is 1080. The predicted octanol–water partition coefficient (Wildman–Crippen LogP) is 6.94. The molecule has 0 aliphatic heterocycles. The summed E-state index contributed by atoms with van der Waals surface area (Å²) in [5.41, 5.74) is 1.16. The minimum absolute atomic E-state index is 0.0183. The first-order valence-corrected chi connectivity index (χ1v) is 16.0. The molecule has 2 aromatic carbocycles. The van der Waals surface area contributed by atoms with Crippen molar-refractivity contribution >= 4 is 39.0 Å². The van der Waals surface area contributed by atoms with Gasteiger partial charge in [0.2, 0.25) is 0 Å². The number of carbonyl (C=O) groups excluding carboxylic acids is 1. The van der Waals surface area contributed by atoms with Gasteiger partial charge in [-0.25, -0.2) is 4.79 Å². The number of benzene rings is 2.